The summed E-state index contributed by atoms with van der Waals surface area (Å²) >= 11 is 0. The number of carbonyl (C=O) groups excluding carboxylic acids is 2. The number of non-ortho nitro benzene ring substituents is 1. The number of primary amides is 1. The van der Waals surface area contributed by atoms with E-state index in [0.29, 0.717) is 5.56 Å². The van der Waals surface area contributed by atoms with Crippen LogP contribution in [0.3, 0.4) is 0 Å². The number of benzene rings is 1. The van der Waals surface area contributed by atoms with E-state index in [-0.39, 0.29) is 17.1 Å². The maximum Gasteiger partial charge on any atom is 0.330 e. The highest BCUT2D eigenvalue weighted by molar-refractivity contribution is 5.80. The van der Waals surface area contributed by atoms with Crippen LogP contribution in [0.2, 0.25) is 0 Å². The molecule has 0 aliphatic heterocycles. The summed E-state index contributed by atoms with van der Waals surface area (Å²) in [5.74, 6) is -0.440. The monoisotopic (exact) mass is 309 g/mol. The molecular formula is C12H15N5O5. The van der Waals surface area contributed by atoms with Crippen LogP contribution in [0.5, 0.6) is 0 Å². The maximum absolute atomic E-state index is 11.1. The number of carbonyl (C=O) groups is 2. The van der Waals surface area contributed by atoms with Gasteiger partial charge in [0.1, 0.15) is 0 Å². The number of amides is 3. The molecule has 0 radical (unpaired) electrons. The highest BCUT2D eigenvalue weighted by atomic mass is 16.6. The molecule has 0 aliphatic rings. The second-order valence-corrected chi connectivity index (χ2v) is 4.11. The number of nitrogens with one attached hydrogen (secondary N) is 3. The van der Waals surface area contributed by atoms with E-state index in [0.717, 1.165) is 0 Å². The molecule has 22 heavy (non-hydrogen) atoms. The van der Waals surface area contributed by atoms with Crippen LogP contribution in [0.4, 0.5) is 10.5 Å². The zero-order valence-corrected chi connectivity index (χ0v) is 11.6. The summed E-state index contributed by atoms with van der Waals surface area (Å²) < 4.78 is 0. The van der Waals surface area contributed by atoms with Gasteiger partial charge in [0, 0.05) is 24.6 Å². The van der Waals surface area contributed by atoms with Crippen LogP contribution in [0.1, 0.15) is 12.5 Å². The Labute approximate surface area is 125 Å². The first-order valence-corrected chi connectivity index (χ1v) is 6.03. The lowest BCUT2D eigenvalue weighted by molar-refractivity contribution is -0.384. The van der Waals surface area contributed by atoms with Crippen molar-refractivity contribution in [2.45, 2.75) is 6.92 Å². The lowest BCUT2D eigenvalue weighted by Gasteiger charge is -2.16. The van der Waals surface area contributed by atoms with Crippen molar-refractivity contribution in [3.8, 4) is 0 Å². The molecule has 6 N–H and O–H groups in total. The molecule has 0 spiro atoms. The maximum atomic E-state index is 11.1. The molecule has 0 aliphatic carbocycles. The van der Waals surface area contributed by atoms with Gasteiger partial charge in [-0.3, -0.25) is 25.8 Å². The summed E-state index contributed by atoms with van der Waals surface area (Å²) in [6.45, 7) is 0.698. The SMILES string of the molecule is CC(=O)N/C(CO)=C(\NNC(N)=O)c1ccc([N+](=O)[O-])cc1. The normalized spacial score (nSPS) is 11.2. The summed E-state index contributed by atoms with van der Waals surface area (Å²) in [5, 5.41) is 22.4. The second kappa shape index (κ2) is 7.59. The summed E-state index contributed by atoms with van der Waals surface area (Å²) in [6.07, 6.45) is 0. The Balaban J connectivity index is 3.23. The van der Waals surface area contributed by atoms with Crippen molar-refractivity contribution >= 4 is 23.3 Å². The molecular weight excluding hydrogens is 294 g/mol. The van der Waals surface area contributed by atoms with Crippen molar-refractivity contribution in [2.75, 3.05) is 6.61 Å². The smallest absolute Gasteiger partial charge is 0.330 e. The first kappa shape index (κ1) is 16.9. The number of nitro groups is 1. The van der Waals surface area contributed by atoms with E-state index in [1.807, 2.05) is 0 Å². The van der Waals surface area contributed by atoms with Gasteiger partial charge >= 0.3 is 6.03 Å². The number of hydrogen-bond donors (Lipinski definition) is 5. The molecule has 0 saturated heterocycles. The van der Waals surface area contributed by atoms with Gasteiger partial charge in [0.2, 0.25) is 5.91 Å². The minimum Gasteiger partial charge on any atom is -0.390 e. The highest BCUT2D eigenvalue weighted by Crippen LogP contribution is 2.18. The standard InChI is InChI=1S/C12H15N5O5/c1-7(19)14-10(6-18)11(15-16-12(13)20)8-2-4-9(5-3-8)17(21)22/h2-5,15,18H,6H2,1H3,(H,14,19)(H3,13,16,20)/b11-10-. The first-order valence-electron chi connectivity index (χ1n) is 6.03. The van der Waals surface area contributed by atoms with Gasteiger partial charge in [-0.25, -0.2) is 4.79 Å². The Kier molecular flexibility index (Phi) is 5.84. The minimum atomic E-state index is -0.889. The summed E-state index contributed by atoms with van der Waals surface area (Å²) in [7, 11) is 0. The number of nitrogens with zero attached hydrogens (tertiary/aromatic N) is 1. The van der Waals surface area contributed by atoms with Gasteiger partial charge in [0.25, 0.3) is 5.69 Å². The number of aliphatic hydroxyl groups excluding tert-OH is 1. The molecule has 0 aromatic heterocycles. The Morgan fingerprint density at radius 1 is 1.27 bits per heavy atom. The Morgan fingerprint density at radius 3 is 2.27 bits per heavy atom. The lowest BCUT2D eigenvalue weighted by Crippen LogP contribution is -2.41. The minimum absolute atomic E-state index is 0.0649. The van der Waals surface area contributed by atoms with Crippen LogP contribution in [0.15, 0.2) is 30.0 Å². The van der Waals surface area contributed by atoms with Crippen molar-refractivity contribution in [3.05, 3.63) is 45.6 Å². The lowest BCUT2D eigenvalue weighted by atomic mass is 10.1. The number of rotatable bonds is 6. The molecule has 1 aromatic rings. The molecule has 0 atom stereocenters. The van der Waals surface area contributed by atoms with Crippen molar-refractivity contribution in [1.82, 2.24) is 16.2 Å². The first-order chi connectivity index (χ1) is 10.3. The fourth-order valence-corrected chi connectivity index (χ4v) is 1.59. The van der Waals surface area contributed by atoms with Gasteiger partial charge in [0.05, 0.1) is 22.9 Å². The van der Waals surface area contributed by atoms with Crippen molar-refractivity contribution in [3.63, 3.8) is 0 Å². The highest BCUT2D eigenvalue weighted by Gasteiger charge is 2.13. The van der Waals surface area contributed by atoms with Crippen LogP contribution in [0, 0.1) is 10.1 Å². The number of hydrazine groups is 1. The Bertz CT molecular complexity index is 611. The molecule has 1 rings (SSSR count). The van der Waals surface area contributed by atoms with Gasteiger partial charge in [-0.1, -0.05) is 0 Å². The van der Waals surface area contributed by atoms with Gasteiger partial charge in [-0.05, 0) is 12.1 Å². The summed E-state index contributed by atoms with van der Waals surface area (Å²) in [5.41, 5.74) is 9.97. The number of hydrogen-bond acceptors (Lipinski definition) is 6. The van der Waals surface area contributed by atoms with Crippen LogP contribution in [-0.2, 0) is 4.79 Å². The molecule has 0 fully saturated rings. The Hall–Kier alpha value is -3.14. The number of nitro benzene ring substituents is 1. The average Bonchev–Trinajstić information content (AvgIpc) is 2.45. The van der Waals surface area contributed by atoms with Crippen molar-refractivity contribution < 1.29 is 19.6 Å². The van der Waals surface area contributed by atoms with E-state index in [4.69, 9.17) is 5.73 Å². The topological polar surface area (TPSA) is 160 Å². The fraction of sp³-hybridized carbons (Fsp3) is 0.167. The molecule has 3 amide bonds. The number of nitrogens with two attached hydrogens (primary N) is 1. The van der Waals surface area contributed by atoms with E-state index in [1.54, 1.807) is 0 Å². The van der Waals surface area contributed by atoms with E-state index >= 15 is 0 Å². The summed E-state index contributed by atoms with van der Waals surface area (Å²) in [4.78, 5) is 32.0. The van der Waals surface area contributed by atoms with E-state index in [1.165, 1.54) is 31.2 Å². The quantitative estimate of drug-likeness (QED) is 0.354. The molecule has 0 heterocycles. The number of aliphatic hydroxyl groups is 1. The Morgan fingerprint density at radius 2 is 1.86 bits per heavy atom. The second-order valence-electron chi connectivity index (χ2n) is 4.11. The molecule has 0 unspecified atom stereocenters. The van der Waals surface area contributed by atoms with Gasteiger partial charge in [0.15, 0.2) is 0 Å². The van der Waals surface area contributed by atoms with E-state index in [2.05, 4.69) is 16.2 Å². The number of urea groups is 1. The molecule has 10 nitrogen and oxygen atoms in total. The third-order valence-electron chi connectivity index (χ3n) is 2.46. The van der Waals surface area contributed by atoms with Gasteiger partial charge in [-0.2, -0.15) is 0 Å². The molecule has 0 saturated carbocycles. The van der Waals surface area contributed by atoms with Crippen molar-refractivity contribution in [2.24, 2.45) is 5.73 Å². The third kappa shape index (κ3) is 4.76. The predicted octanol–water partition coefficient (Wildman–Crippen LogP) is -0.435. The zero-order chi connectivity index (χ0) is 16.7. The average molecular weight is 309 g/mol. The molecule has 1 aromatic carbocycles. The molecule has 10 heteroatoms. The summed E-state index contributed by atoms with van der Waals surface area (Å²) in [6, 6.07) is 4.37. The van der Waals surface area contributed by atoms with Crippen LogP contribution in [0.25, 0.3) is 5.70 Å². The van der Waals surface area contributed by atoms with Crippen LogP contribution < -0.4 is 21.9 Å². The van der Waals surface area contributed by atoms with Crippen LogP contribution in [-0.4, -0.2) is 28.6 Å². The van der Waals surface area contributed by atoms with Gasteiger partial charge < -0.3 is 16.2 Å². The van der Waals surface area contributed by atoms with E-state index < -0.39 is 23.5 Å². The van der Waals surface area contributed by atoms with E-state index in [9.17, 15) is 24.8 Å². The molecule has 0 bridgehead atoms. The van der Waals surface area contributed by atoms with Crippen LogP contribution >= 0.6 is 0 Å². The largest absolute Gasteiger partial charge is 0.390 e. The molecule has 118 valence electrons. The van der Waals surface area contributed by atoms with Gasteiger partial charge in [-0.15, -0.1) is 0 Å². The van der Waals surface area contributed by atoms with Crippen molar-refractivity contribution in [1.29, 1.82) is 0 Å². The zero-order valence-electron chi connectivity index (χ0n) is 11.6. The fourth-order valence-electron chi connectivity index (χ4n) is 1.59. The third-order valence-corrected chi connectivity index (χ3v) is 2.46. The predicted molar refractivity (Wildman–Crippen MR) is 76.8 cm³/mol.